The fourth-order valence-electron chi connectivity index (χ4n) is 0.535. The van der Waals surface area contributed by atoms with Crippen LogP contribution in [0.5, 0.6) is 0 Å². The Kier molecular flexibility index (Phi) is 2.66. The van der Waals surface area contributed by atoms with Gasteiger partial charge in [-0.3, -0.25) is 4.79 Å². The maximum atomic E-state index is 11.0. The molecule has 1 rings (SSSR count). The first kappa shape index (κ1) is 7.78. The molecule has 0 spiro atoms. The zero-order chi connectivity index (χ0) is 8.10. The molecule has 0 N–H and O–H groups in total. The van der Waals surface area contributed by atoms with Crippen molar-refractivity contribution >= 4 is 23.2 Å². The lowest BCUT2D eigenvalue weighted by atomic mass is 10.3. The number of Topliss-reactive ketones (excluding diaryl/α,β-unsaturated/α-hetero) is 1. The molecule has 1 aromatic heterocycles. The highest BCUT2D eigenvalue weighted by molar-refractivity contribution is 7.78. The molecular formula is C6H4N2O2S. The van der Waals surface area contributed by atoms with Crippen LogP contribution in [0.4, 0.5) is 0 Å². The van der Waals surface area contributed by atoms with E-state index in [2.05, 4.69) is 31.8 Å². The molecule has 0 aliphatic carbocycles. The molecule has 11 heavy (non-hydrogen) atoms. The summed E-state index contributed by atoms with van der Waals surface area (Å²) in [5, 5.41) is 2.09. The first-order valence-electron chi connectivity index (χ1n) is 2.79. The van der Waals surface area contributed by atoms with Crippen LogP contribution in [0, 0.1) is 0 Å². The van der Waals surface area contributed by atoms with Crippen LogP contribution in [-0.2, 0) is 0 Å². The number of isothiocyanates is 1. The van der Waals surface area contributed by atoms with Gasteiger partial charge >= 0.3 is 0 Å². The van der Waals surface area contributed by atoms with Gasteiger partial charge in [-0.1, -0.05) is 0 Å². The highest BCUT2D eigenvalue weighted by atomic mass is 32.1. The van der Waals surface area contributed by atoms with Crippen molar-refractivity contribution in [3.05, 3.63) is 18.4 Å². The van der Waals surface area contributed by atoms with Gasteiger partial charge in [-0.15, -0.1) is 0 Å². The van der Waals surface area contributed by atoms with Crippen LogP contribution in [-0.4, -0.2) is 22.5 Å². The predicted molar refractivity (Wildman–Crippen MR) is 40.7 cm³/mol. The van der Waals surface area contributed by atoms with Gasteiger partial charge in [0.25, 0.3) is 0 Å². The molecule has 0 atom stereocenters. The van der Waals surface area contributed by atoms with E-state index in [1.54, 1.807) is 0 Å². The second-order valence-electron chi connectivity index (χ2n) is 1.70. The van der Waals surface area contributed by atoms with Gasteiger partial charge in [-0.25, -0.2) is 9.98 Å². The van der Waals surface area contributed by atoms with Gasteiger partial charge < -0.3 is 4.42 Å². The third-order valence-corrected chi connectivity index (χ3v) is 1.13. The summed E-state index contributed by atoms with van der Waals surface area (Å²) < 4.78 is 4.60. The van der Waals surface area contributed by atoms with Gasteiger partial charge in [0.15, 0.2) is 6.39 Å². The summed E-state index contributed by atoms with van der Waals surface area (Å²) in [5.41, 5.74) is 0.263. The maximum Gasteiger partial charge on any atom is 0.206 e. The number of nitrogens with zero attached hydrogens (tertiary/aromatic N) is 2. The average molecular weight is 168 g/mol. The van der Waals surface area contributed by atoms with Crippen LogP contribution < -0.4 is 0 Å². The van der Waals surface area contributed by atoms with Gasteiger partial charge in [0.05, 0.1) is 5.16 Å². The van der Waals surface area contributed by atoms with E-state index in [9.17, 15) is 4.79 Å². The molecule has 0 amide bonds. The molecule has 0 unspecified atom stereocenters. The number of hydrogen-bond acceptors (Lipinski definition) is 5. The van der Waals surface area contributed by atoms with Crippen molar-refractivity contribution in [3.8, 4) is 0 Å². The number of aliphatic imine (C=N–C) groups is 1. The topological polar surface area (TPSA) is 55.5 Å². The fourth-order valence-corrected chi connectivity index (χ4v) is 0.600. The maximum absolute atomic E-state index is 11.0. The highest BCUT2D eigenvalue weighted by Gasteiger charge is 2.06. The first-order valence-corrected chi connectivity index (χ1v) is 3.20. The lowest BCUT2D eigenvalue weighted by Gasteiger charge is -1.84. The Hall–Kier alpha value is -1.32. The molecule has 0 bridgehead atoms. The fraction of sp³-hybridized carbons (Fsp3) is 0.167. The number of thiocarbonyl (C=S) groups is 1. The molecule has 0 saturated carbocycles. The van der Waals surface area contributed by atoms with Crippen molar-refractivity contribution in [1.82, 2.24) is 4.98 Å². The van der Waals surface area contributed by atoms with Crippen LogP contribution >= 0.6 is 12.2 Å². The third kappa shape index (κ3) is 2.07. The molecule has 0 radical (unpaired) electrons. The van der Waals surface area contributed by atoms with E-state index in [4.69, 9.17) is 0 Å². The van der Waals surface area contributed by atoms with E-state index < -0.39 is 0 Å². The number of carbonyl (C=O) groups is 1. The number of oxazole rings is 1. The molecule has 56 valence electrons. The van der Waals surface area contributed by atoms with E-state index in [0.29, 0.717) is 0 Å². The summed E-state index contributed by atoms with van der Waals surface area (Å²) in [4.78, 5) is 18.1. The Balaban J connectivity index is 2.63. The van der Waals surface area contributed by atoms with Gasteiger partial charge in [-0.2, -0.15) is 0 Å². The van der Waals surface area contributed by atoms with Crippen molar-refractivity contribution in [2.24, 2.45) is 4.99 Å². The predicted octanol–water partition coefficient (Wildman–Crippen LogP) is 0.960. The Morgan fingerprint density at radius 1 is 1.91 bits per heavy atom. The van der Waals surface area contributed by atoms with Gasteiger partial charge in [0, 0.05) is 0 Å². The van der Waals surface area contributed by atoms with Crippen LogP contribution in [0.15, 0.2) is 22.1 Å². The van der Waals surface area contributed by atoms with Gasteiger partial charge in [0.2, 0.25) is 5.78 Å². The minimum Gasteiger partial charge on any atom is -0.451 e. The summed E-state index contributed by atoms with van der Waals surface area (Å²) >= 11 is 4.29. The normalized spacial score (nSPS) is 8.73. The van der Waals surface area contributed by atoms with E-state index in [1.165, 1.54) is 12.7 Å². The molecule has 0 aliphatic rings. The summed E-state index contributed by atoms with van der Waals surface area (Å²) in [7, 11) is 0. The highest BCUT2D eigenvalue weighted by Crippen LogP contribution is 1.95. The summed E-state index contributed by atoms with van der Waals surface area (Å²) in [5.74, 6) is -0.226. The van der Waals surface area contributed by atoms with Gasteiger partial charge in [0.1, 0.15) is 18.5 Å². The Labute approximate surface area is 68.0 Å². The van der Waals surface area contributed by atoms with Crippen molar-refractivity contribution in [2.45, 2.75) is 0 Å². The Bertz CT molecular complexity index is 288. The SMILES string of the molecule is O=C(CN=C=S)c1cocn1. The zero-order valence-electron chi connectivity index (χ0n) is 5.48. The summed E-state index contributed by atoms with van der Waals surface area (Å²) in [6.07, 6.45) is 2.45. The van der Waals surface area contributed by atoms with Crippen LogP contribution in [0.25, 0.3) is 0 Å². The first-order chi connectivity index (χ1) is 5.34. The molecule has 0 fully saturated rings. The number of carbonyl (C=O) groups excluding carboxylic acids is 1. The summed E-state index contributed by atoms with van der Waals surface area (Å²) in [6.45, 7) is -0.0178. The number of rotatable bonds is 3. The zero-order valence-corrected chi connectivity index (χ0v) is 6.30. The smallest absolute Gasteiger partial charge is 0.206 e. The monoisotopic (exact) mass is 168 g/mol. The standard InChI is InChI=1S/C6H4N2O2S/c9-6(1-7-4-11)5-2-10-3-8-5/h2-3H,1H2. The molecule has 0 saturated heterocycles. The molecule has 1 aromatic rings. The number of ketones is 1. The molecular weight excluding hydrogens is 164 g/mol. The Morgan fingerprint density at radius 3 is 3.27 bits per heavy atom. The van der Waals surface area contributed by atoms with Crippen LogP contribution in [0.2, 0.25) is 0 Å². The molecule has 1 heterocycles. The lowest BCUT2D eigenvalue weighted by molar-refractivity contribution is 0.0997. The van der Waals surface area contributed by atoms with Crippen molar-refractivity contribution in [3.63, 3.8) is 0 Å². The third-order valence-electron chi connectivity index (χ3n) is 1.01. The average Bonchev–Trinajstić information content (AvgIpc) is 2.52. The van der Waals surface area contributed by atoms with Crippen LogP contribution in [0.3, 0.4) is 0 Å². The van der Waals surface area contributed by atoms with Crippen molar-refractivity contribution in [1.29, 1.82) is 0 Å². The largest absolute Gasteiger partial charge is 0.451 e. The number of hydrogen-bond donors (Lipinski definition) is 0. The molecule has 0 aliphatic heterocycles. The molecule has 5 heteroatoms. The van der Waals surface area contributed by atoms with Crippen molar-refractivity contribution in [2.75, 3.05) is 6.54 Å². The van der Waals surface area contributed by atoms with Crippen LogP contribution in [0.1, 0.15) is 10.5 Å². The number of aromatic nitrogens is 1. The van der Waals surface area contributed by atoms with E-state index >= 15 is 0 Å². The van der Waals surface area contributed by atoms with E-state index in [-0.39, 0.29) is 18.0 Å². The van der Waals surface area contributed by atoms with E-state index in [1.807, 2.05) is 0 Å². The minimum absolute atomic E-state index is 0.0178. The Morgan fingerprint density at radius 2 is 2.73 bits per heavy atom. The van der Waals surface area contributed by atoms with Crippen molar-refractivity contribution < 1.29 is 9.21 Å². The molecule has 4 nitrogen and oxygen atoms in total. The second-order valence-corrected chi connectivity index (χ2v) is 1.89. The van der Waals surface area contributed by atoms with E-state index in [0.717, 1.165) is 0 Å². The summed E-state index contributed by atoms with van der Waals surface area (Å²) in [6, 6.07) is 0. The lowest BCUT2D eigenvalue weighted by Crippen LogP contribution is -2.02. The minimum atomic E-state index is -0.226. The molecule has 0 aromatic carbocycles. The quantitative estimate of drug-likeness (QED) is 0.383. The van der Waals surface area contributed by atoms with Gasteiger partial charge in [-0.05, 0) is 12.2 Å². The second kappa shape index (κ2) is 3.75.